The number of thiophene rings is 1. The molecule has 3 rings (SSSR count). The quantitative estimate of drug-likeness (QED) is 0.801. The zero-order valence-electron chi connectivity index (χ0n) is 12.5. The van der Waals surface area contributed by atoms with Gasteiger partial charge in [-0.15, -0.1) is 11.3 Å². The van der Waals surface area contributed by atoms with E-state index in [0.717, 1.165) is 10.4 Å². The van der Waals surface area contributed by atoms with Gasteiger partial charge in [0.2, 0.25) is 0 Å². The van der Waals surface area contributed by atoms with Crippen LogP contribution in [-0.2, 0) is 13.6 Å². The summed E-state index contributed by atoms with van der Waals surface area (Å²) < 4.78 is 1.29. The first-order valence-corrected chi connectivity index (χ1v) is 7.97. The fourth-order valence-corrected chi connectivity index (χ4v) is 2.78. The average molecular weight is 325 g/mol. The van der Waals surface area contributed by atoms with Gasteiger partial charge in [-0.05, 0) is 29.6 Å². The zero-order valence-corrected chi connectivity index (χ0v) is 13.3. The SMILES string of the molecule is Cn1nc(-c2ccc(C(=O)NCc3cccs3)cc2)ccc1=O. The van der Waals surface area contributed by atoms with Gasteiger partial charge < -0.3 is 5.32 Å². The first kappa shape index (κ1) is 15.2. The second-order valence-electron chi connectivity index (χ2n) is 5.02. The number of carbonyl (C=O) groups is 1. The fraction of sp³-hybridized carbons (Fsp3) is 0.118. The molecule has 2 aromatic heterocycles. The van der Waals surface area contributed by atoms with E-state index in [-0.39, 0.29) is 11.5 Å². The molecule has 6 heteroatoms. The van der Waals surface area contributed by atoms with E-state index in [1.807, 2.05) is 29.6 Å². The normalized spacial score (nSPS) is 10.5. The lowest BCUT2D eigenvalue weighted by Crippen LogP contribution is -2.22. The number of amides is 1. The van der Waals surface area contributed by atoms with Gasteiger partial charge in [0.05, 0.1) is 12.2 Å². The van der Waals surface area contributed by atoms with E-state index in [0.29, 0.717) is 17.8 Å². The molecule has 0 atom stereocenters. The van der Waals surface area contributed by atoms with E-state index in [1.165, 1.54) is 10.7 Å². The molecule has 0 saturated carbocycles. The average Bonchev–Trinajstić information content (AvgIpc) is 3.09. The summed E-state index contributed by atoms with van der Waals surface area (Å²) >= 11 is 1.61. The van der Waals surface area contributed by atoms with Gasteiger partial charge in [-0.2, -0.15) is 5.10 Å². The van der Waals surface area contributed by atoms with Crippen molar-refractivity contribution < 1.29 is 4.79 Å². The molecule has 1 aromatic carbocycles. The minimum atomic E-state index is -0.154. The first-order chi connectivity index (χ1) is 11.1. The molecule has 0 aliphatic heterocycles. The molecule has 1 amide bonds. The van der Waals surface area contributed by atoms with Crippen molar-refractivity contribution in [3.05, 3.63) is 74.7 Å². The third kappa shape index (κ3) is 3.54. The molecule has 0 aliphatic carbocycles. The predicted octanol–water partition coefficient (Wildman–Crippen LogP) is 2.44. The second-order valence-corrected chi connectivity index (χ2v) is 6.05. The van der Waals surface area contributed by atoms with Gasteiger partial charge in [0.25, 0.3) is 11.5 Å². The van der Waals surface area contributed by atoms with Crippen LogP contribution in [0.15, 0.2) is 58.7 Å². The monoisotopic (exact) mass is 325 g/mol. The van der Waals surface area contributed by atoms with Crippen LogP contribution < -0.4 is 10.9 Å². The van der Waals surface area contributed by atoms with Crippen molar-refractivity contribution in [2.24, 2.45) is 7.05 Å². The second kappa shape index (κ2) is 6.58. The highest BCUT2D eigenvalue weighted by molar-refractivity contribution is 7.09. The summed E-state index contributed by atoms with van der Waals surface area (Å²) in [7, 11) is 1.61. The molecule has 2 heterocycles. The van der Waals surface area contributed by atoms with Crippen LogP contribution in [-0.4, -0.2) is 15.7 Å². The molecule has 23 heavy (non-hydrogen) atoms. The van der Waals surface area contributed by atoms with Gasteiger partial charge in [-0.3, -0.25) is 9.59 Å². The van der Waals surface area contributed by atoms with E-state index < -0.39 is 0 Å². The summed E-state index contributed by atoms with van der Waals surface area (Å²) in [5.41, 5.74) is 1.99. The molecule has 0 radical (unpaired) electrons. The summed E-state index contributed by atoms with van der Waals surface area (Å²) in [5, 5.41) is 9.06. The van der Waals surface area contributed by atoms with Gasteiger partial charge in [0.15, 0.2) is 0 Å². The predicted molar refractivity (Wildman–Crippen MR) is 90.4 cm³/mol. The highest BCUT2D eigenvalue weighted by atomic mass is 32.1. The Balaban J connectivity index is 1.72. The highest BCUT2D eigenvalue weighted by Crippen LogP contribution is 2.16. The maximum absolute atomic E-state index is 12.1. The van der Waals surface area contributed by atoms with E-state index in [4.69, 9.17) is 0 Å². The third-order valence-electron chi connectivity index (χ3n) is 3.41. The standard InChI is InChI=1S/C17H15N3O2S/c1-20-16(21)9-8-15(19-20)12-4-6-13(7-5-12)17(22)18-11-14-3-2-10-23-14/h2-10H,11H2,1H3,(H,18,22). The van der Waals surface area contributed by atoms with Crippen molar-refractivity contribution in [2.75, 3.05) is 0 Å². The zero-order chi connectivity index (χ0) is 16.2. The molecule has 0 fully saturated rings. The van der Waals surface area contributed by atoms with Crippen LogP contribution in [0.1, 0.15) is 15.2 Å². The van der Waals surface area contributed by atoms with Crippen LogP contribution in [0.2, 0.25) is 0 Å². The van der Waals surface area contributed by atoms with Crippen LogP contribution >= 0.6 is 11.3 Å². The summed E-state index contributed by atoms with van der Waals surface area (Å²) in [6.07, 6.45) is 0. The topological polar surface area (TPSA) is 64.0 Å². The largest absolute Gasteiger partial charge is 0.347 e. The van der Waals surface area contributed by atoms with Crippen molar-refractivity contribution in [2.45, 2.75) is 6.54 Å². The van der Waals surface area contributed by atoms with Crippen molar-refractivity contribution in [3.8, 4) is 11.3 Å². The maximum Gasteiger partial charge on any atom is 0.266 e. The molecular weight excluding hydrogens is 310 g/mol. The molecule has 0 aliphatic rings. The summed E-state index contributed by atoms with van der Waals surface area (Å²) in [4.78, 5) is 24.6. The molecule has 116 valence electrons. The van der Waals surface area contributed by atoms with E-state index in [2.05, 4.69) is 10.4 Å². The lowest BCUT2D eigenvalue weighted by molar-refractivity contribution is 0.0951. The smallest absolute Gasteiger partial charge is 0.266 e. The Labute approximate surface area is 137 Å². The highest BCUT2D eigenvalue weighted by Gasteiger charge is 2.07. The summed E-state index contributed by atoms with van der Waals surface area (Å²) in [5.74, 6) is -0.113. The molecular formula is C17H15N3O2S. The van der Waals surface area contributed by atoms with Crippen LogP contribution in [0, 0.1) is 0 Å². The molecule has 0 spiro atoms. The number of hydrogen-bond donors (Lipinski definition) is 1. The summed E-state index contributed by atoms with van der Waals surface area (Å²) in [6.45, 7) is 0.528. The molecule has 0 unspecified atom stereocenters. The van der Waals surface area contributed by atoms with Gasteiger partial charge in [-0.1, -0.05) is 18.2 Å². The number of carbonyl (C=O) groups excluding carboxylic acids is 1. The number of benzene rings is 1. The number of aromatic nitrogens is 2. The van der Waals surface area contributed by atoms with Crippen molar-refractivity contribution >= 4 is 17.2 Å². The molecule has 0 saturated heterocycles. The number of nitrogens with zero attached hydrogens (tertiary/aromatic N) is 2. The lowest BCUT2D eigenvalue weighted by Gasteiger charge is -2.06. The maximum atomic E-state index is 12.1. The minimum absolute atomic E-state index is 0.113. The molecule has 5 nitrogen and oxygen atoms in total. The number of nitrogens with one attached hydrogen (secondary N) is 1. The number of hydrogen-bond acceptors (Lipinski definition) is 4. The van der Waals surface area contributed by atoms with Crippen LogP contribution in [0.5, 0.6) is 0 Å². The Morgan fingerprint density at radius 3 is 2.61 bits per heavy atom. The van der Waals surface area contributed by atoms with E-state index in [1.54, 1.807) is 36.6 Å². The number of rotatable bonds is 4. The third-order valence-corrected chi connectivity index (χ3v) is 4.28. The minimum Gasteiger partial charge on any atom is -0.347 e. The van der Waals surface area contributed by atoms with Gasteiger partial charge in [-0.25, -0.2) is 4.68 Å². The van der Waals surface area contributed by atoms with E-state index >= 15 is 0 Å². The Kier molecular flexibility index (Phi) is 4.34. The molecule has 3 aromatic rings. The van der Waals surface area contributed by atoms with Crippen LogP contribution in [0.4, 0.5) is 0 Å². The fourth-order valence-electron chi connectivity index (χ4n) is 2.13. The Morgan fingerprint density at radius 2 is 1.96 bits per heavy atom. The Morgan fingerprint density at radius 1 is 1.17 bits per heavy atom. The van der Waals surface area contributed by atoms with Gasteiger partial charge in [0.1, 0.15) is 0 Å². The summed E-state index contributed by atoms with van der Waals surface area (Å²) in [6, 6.07) is 14.3. The van der Waals surface area contributed by atoms with Gasteiger partial charge in [0, 0.05) is 29.1 Å². The van der Waals surface area contributed by atoms with Crippen LogP contribution in [0.3, 0.4) is 0 Å². The van der Waals surface area contributed by atoms with Gasteiger partial charge >= 0.3 is 0 Å². The van der Waals surface area contributed by atoms with E-state index in [9.17, 15) is 9.59 Å². The Bertz CT molecular complexity index is 868. The lowest BCUT2D eigenvalue weighted by atomic mass is 10.1. The van der Waals surface area contributed by atoms with Crippen molar-refractivity contribution in [3.63, 3.8) is 0 Å². The Hall–Kier alpha value is -2.73. The van der Waals surface area contributed by atoms with Crippen molar-refractivity contribution in [1.29, 1.82) is 0 Å². The molecule has 1 N–H and O–H groups in total. The molecule has 0 bridgehead atoms. The number of aryl methyl sites for hydroxylation is 1. The van der Waals surface area contributed by atoms with Crippen LogP contribution in [0.25, 0.3) is 11.3 Å². The first-order valence-electron chi connectivity index (χ1n) is 7.09. The van der Waals surface area contributed by atoms with Crippen molar-refractivity contribution in [1.82, 2.24) is 15.1 Å².